The Morgan fingerprint density at radius 1 is 0.850 bits per heavy atom. The summed E-state index contributed by atoms with van der Waals surface area (Å²) in [6.45, 7) is 0. The topological polar surface area (TPSA) is 86.7 Å². The lowest BCUT2D eigenvalue weighted by Crippen LogP contribution is -1.80. The van der Waals surface area contributed by atoms with Crippen LogP contribution in [0.5, 0.6) is 17.2 Å². The molecule has 5 nitrogen and oxygen atoms in total. The fourth-order valence-electron chi connectivity index (χ4n) is 2.42. The van der Waals surface area contributed by atoms with E-state index in [1.807, 2.05) is 0 Å². The minimum atomic E-state index is -0.0793. The highest BCUT2D eigenvalue weighted by atomic mass is 16.3. The molecular weight excluding hydrogens is 258 g/mol. The maximum atomic E-state index is 9.96. The molecule has 5 heteroatoms. The molecule has 98 valence electrons. The van der Waals surface area contributed by atoms with E-state index in [0.29, 0.717) is 27.6 Å². The fraction of sp³-hybridized carbons (Fsp3) is 0. The average Bonchev–Trinajstić information content (AvgIpc) is 2.72. The molecule has 0 atom stereocenters. The van der Waals surface area contributed by atoms with Crippen LogP contribution in [0.1, 0.15) is 0 Å². The second-order valence-electron chi connectivity index (χ2n) is 4.65. The molecule has 20 heavy (non-hydrogen) atoms. The Morgan fingerprint density at radius 2 is 1.70 bits per heavy atom. The molecule has 0 fully saturated rings. The maximum Gasteiger partial charge on any atom is 0.154 e. The Morgan fingerprint density at radius 3 is 2.55 bits per heavy atom. The third-order valence-corrected chi connectivity index (χ3v) is 3.29. The Labute approximate surface area is 112 Å². The van der Waals surface area contributed by atoms with Gasteiger partial charge in [0.2, 0.25) is 0 Å². The number of phenols is 3. The molecule has 0 saturated carbocycles. The smallest absolute Gasteiger partial charge is 0.154 e. The summed E-state index contributed by atoms with van der Waals surface area (Å²) < 4.78 is 5.60. The number of aromatic nitrogens is 1. The van der Waals surface area contributed by atoms with Gasteiger partial charge in [-0.2, -0.15) is 0 Å². The SMILES string of the molecule is Oc1ccc2nc3c(cc2c1)oc1cc(O)cc(O)c13. The van der Waals surface area contributed by atoms with E-state index in [-0.39, 0.29) is 17.2 Å². The molecule has 0 radical (unpaired) electrons. The molecule has 0 spiro atoms. The number of hydrogen-bond donors (Lipinski definition) is 3. The Balaban J connectivity index is 2.22. The first-order chi connectivity index (χ1) is 9.61. The largest absolute Gasteiger partial charge is 0.508 e. The summed E-state index contributed by atoms with van der Waals surface area (Å²) in [5.41, 5.74) is 2.06. The molecule has 0 aliphatic rings. The second-order valence-corrected chi connectivity index (χ2v) is 4.65. The first-order valence-electron chi connectivity index (χ1n) is 6.00. The van der Waals surface area contributed by atoms with Gasteiger partial charge < -0.3 is 19.7 Å². The number of pyridine rings is 1. The van der Waals surface area contributed by atoms with E-state index in [0.717, 1.165) is 5.39 Å². The molecule has 0 aliphatic carbocycles. The third kappa shape index (κ3) is 1.40. The lowest BCUT2D eigenvalue weighted by molar-refractivity contribution is 0.454. The lowest BCUT2D eigenvalue weighted by Gasteiger charge is -1.99. The van der Waals surface area contributed by atoms with Gasteiger partial charge in [-0.3, -0.25) is 0 Å². The third-order valence-electron chi connectivity index (χ3n) is 3.29. The van der Waals surface area contributed by atoms with Crippen molar-refractivity contribution in [1.29, 1.82) is 0 Å². The molecule has 4 rings (SSSR count). The van der Waals surface area contributed by atoms with Gasteiger partial charge in [-0.1, -0.05) is 0 Å². The highest BCUT2D eigenvalue weighted by molar-refractivity contribution is 6.09. The summed E-state index contributed by atoms with van der Waals surface area (Å²) in [6.07, 6.45) is 0. The van der Waals surface area contributed by atoms with Crippen LogP contribution < -0.4 is 0 Å². The monoisotopic (exact) mass is 267 g/mol. The first kappa shape index (κ1) is 10.9. The summed E-state index contributed by atoms with van der Waals surface area (Å²) in [6, 6.07) is 9.26. The molecule has 0 saturated heterocycles. The van der Waals surface area contributed by atoms with Crippen LogP contribution >= 0.6 is 0 Å². The van der Waals surface area contributed by atoms with Crippen molar-refractivity contribution in [3.8, 4) is 17.2 Å². The summed E-state index contributed by atoms with van der Waals surface area (Å²) in [4.78, 5) is 4.45. The zero-order valence-electron chi connectivity index (χ0n) is 10.2. The molecule has 0 unspecified atom stereocenters. The van der Waals surface area contributed by atoms with Crippen molar-refractivity contribution in [3.63, 3.8) is 0 Å². The van der Waals surface area contributed by atoms with Crippen molar-refractivity contribution in [2.75, 3.05) is 0 Å². The van der Waals surface area contributed by atoms with Gasteiger partial charge in [-0.15, -0.1) is 0 Å². The number of furan rings is 1. The van der Waals surface area contributed by atoms with Gasteiger partial charge in [0, 0.05) is 17.5 Å². The van der Waals surface area contributed by atoms with E-state index in [1.54, 1.807) is 24.3 Å². The number of hydrogen-bond acceptors (Lipinski definition) is 5. The normalized spacial score (nSPS) is 11.6. The van der Waals surface area contributed by atoms with Crippen LogP contribution in [0.4, 0.5) is 0 Å². The van der Waals surface area contributed by atoms with Crippen LogP contribution in [0.25, 0.3) is 33.0 Å². The number of benzene rings is 2. The molecule has 2 aromatic carbocycles. The number of nitrogens with zero attached hydrogens (tertiary/aromatic N) is 1. The summed E-state index contributed by atoms with van der Waals surface area (Å²) >= 11 is 0. The van der Waals surface area contributed by atoms with E-state index in [4.69, 9.17) is 4.42 Å². The summed E-state index contributed by atoms with van der Waals surface area (Å²) in [5, 5.41) is 30.1. The molecule has 2 aromatic heterocycles. The Bertz CT molecular complexity index is 988. The number of phenolic OH excluding ortho intramolecular Hbond substituents is 3. The van der Waals surface area contributed by atoms with E-state index in [9.17, 15) is 15.3 Å². The fourth-order valence-corrected chi connectivity index (χ4v) is 2.42. The number of fused-ring (bicyclic) bond motifs is 4. The highest BCUT2D eigenvalue weighted by Gasteiger charge is 2.14. The zero-order chi connectivity index (χ0) is 13.9. The number of rotatable bonds is 0. The van der Waals surface area contributed by atoms with Crippen molar-refractivity contribution in [1.82, 2.24) is 4.98 Å². The van der Waals surface area contributed by atoms with Crippen LogP contribution in [-0.4, -0.2) is 20.3 Å². The second kappa shape index (κ2) is 3.54. The van der Waals surface area contributed by atoms with Crippen molar-refractivity contribution in [2.45, 2.75) is 0 Å². The van der Waals surface area contributed by atoms with Crippen LogP contribution in [0, 0.1) is 0 Å². The van der Waals surface area contributed by atoms with Crippen molar-refractivity contribution >= 4 is 33.0 Å². The molecule has 4 aromatic rings. The van der Waals surface area contributed by atoms with Gasteiger partial charge in [0.15, 0.2) is 5.58 Å². The van der Waals surface area contributed by atoms with E-state index < -0.39 is 0 Å². The van der Waals surface area contributed by atoms with Crippen LogP contribution in [0.2, 0.25) is 0 Å². The molecule has 3 N–H and O–H groups in total. The van der Waals surface area contributed by atoms with Gasteiger partial charge in [0.05, 0.1) is 10.9 Å². The minimum Gasteiger partial charge on any atom is -0.508 e. The quantitative estimate of drug-likeness (QED) is 0.455. The van der Waals surface area contributed by atoms with Crippen molar-refractivity contribution in [2.24, 2.45) is 0 Å². The van der Waals surface area contributed by atoms with Gasteiger partial charge >= 0.3 is 0 Å². The first-order valence-corrected chi connectivity index (χ1v) is 6.00. The molecule has 0 bridgehead atoms. The van der Waals surface area contributed by atoms with Crippen molar-refractivity contribution in [3.05, 3.63) is 36.4 Å². The summed E-state index contributed by atoms with van der Waals surface area (Å²) in [5.74, 6) is -0.00381. The van der Waals surface area contributed by atoms with Crippen molar-refractivity contribution < 1.29 is 19.7 Å². The Hall–Kier alpha value is -2.95. The van der Waals surface area contributed by atoms with E-state index in [2.05, 4.69) is 4.98 Å². The molecule has 0 aliphatic heterocycles. The van der Waals surface area contributed by atoms with E-state index in [1.165, 1.54) is 12.1 Å². The average molecular weight is 267 g/mol. The predicted molar refractivity (Wildman–Crippen MR) is 74.0 cm³/mol. The highest BCUT2D eigenvalue weighted by Crippen LogP contribution is 2.38. The summed E-state index contributed by atoms with van der Waals surface area (Å²) in [7, 11) is 0. The van der Waals surface area contributed by atoms with Gasteiger partial charge in [0.1, 0.15) is 28.3 Å². The van der Waals surface area contributed by atoms with Gasteiger partial charge in [0.25, 0.3) is 0 Å². The van der Waals surface area contributed by atoms with Crippen LogP contribution in [-0.2, 0) is 0 Å². The van der Waals surface area contributed by atoms with Crippen LogP contribution in [0.15, 0.2) is 40.8 Å². The minimum absolute atomic E-state index is 0.0729. The molecule has 0 amide bonds. The Kier molecular flexibility index (Phi) is 1.93. The maximum absolute atomic E-state index is 9.96. The molecular formula is C15H9NO4. The predicted octanol–water partition coefficient (Wildman–Crippen LogP) is 3.25. The van der Waals surface area contributed by atoms with E-state index >= 15 is 0 Å². The number of aromatic hydroxyl groups is 3. The van der Waals surface area contributed by atoms with Gasteiger partial charge in [-0.05, 0) is 24.3 Å². The zero-order valence-corrected chi connectivity index (χ0v) is 10.2. The van der Waals surface area contributed by atoms with Crippen LogP contribution in [0.3, 0.4) is 0 Å². The standard InChI is InChI=1S/C15H9NO4/c17-8-1-2-10-7(3-8)4-13-15(16-10)14-11(19)5-9(18)6-12(14)20-13/h1-6,17-19H. The lowest BCUT2D eigenvalue weighted by atomic mass is 10.1. The van der Waals surface area contributed by atoms with Gasteiger partial charge in [-0.25, -0.2) is 4.98 Å². The molecule has 2 heterocycles.